The Labute approximate surface area is 134 Å². The third-order valence-corrected chi connectivity index (χ3v) is 5.34. The highest BCUT2D eigenvalue weighted by molar-refractivity contribution is 7.89. The van der Waals surface area contributed by atoms with Crippen LogP contribution in [0.1, 0.15) is 6.92 Å². The molecule has 1 aromatic rings. The van der Waals surface area contributed by atoms with Crippen LogP contribution in [0.25, 0.3) is 0 Å². The summed E-state index contributed by atoms with van der Waals surface area (Å²) in [4.78, 5) is 10.4. The van der Waals surface area contributed by atoms with E-state index in [-0.39, 0.29) is 36.0 Å². The van der Waals surface area contributed by atoms with Crippen molar-refractivity contribution in [2.45, 2.75) is 17.9 Å². The van der Waals surface area contributed by atoms with Gasteiger partial charge < -0.3 is 15.2 Å². The van der Waals surface area contributed by atoms with Gasteiger partial charge in [0.15, 0.2) is 0 Å². The van der Waals surface area contributed by atoms with Gasteiger partial charge in [0.05, 0.1) is 29.6 Å². The number of morpholine rings is 1. The maximum Gasteiger partial charge on any atom is 0.293 e. The van der Waals surface area contributed by atoms with Gasteiger partial charge in [0.25, 0.3) is 5.69 Å². The van der Waals surface area contributed by atoms with Crippen LogP contribution in [0.15, 0.2) is 23.1 Å². The molecule has 1 aliphatic heterocycles. The number of rotatable bonds is 6. The van der Waals surface area contributed by atoms with E-state index in [9.17, 15) is 18.5 Å². The van der Waals surface area contributed by atoms with Gasteiger partial charge in [-0.25, -0.2) is 8.42 Å². The summed E-state index contributed by atoms with van der Waals surface area (Å²) in [6.07, 6.45) is 0. The molecule has 9 nitrogen and oxygen atoms in total. The van der Waals surface area contributed by atoms with E-state index in [1.54, 1.807) is 6.92 Å². The summed E-state index contributed by atoms with van der Waals surface area (Å²) in [7, 11) is -3.80. The fourth-order valence-corrected chi connectivity index (χ4v) is 3.62. The van der Waals surface area contributed by atoms with Crippen molar-refractivity contribution in [2.75, 3.05) is 38.2 Å². The molecule has 0 amide bonds. The number of nitro benzene ring substituents is 1. The predicted molar refractivity (Wildman–Crippen MR) is 82.8 cm³/mol. The lowest BCUT2D eigenvalue weighted by atomic mass is 10.2. The molecule has 23 heavy (non-hydrogen) atoms. The molecule has 1 atom stereocenters. The van der Waals surface area contributed by atoms with E-state index >= 15 is 0 Å². The van der Waals surface area contributed by atoms with Crippen LogP contribution < -0.4 is 5.32 Å². The lowest BCUT2D eigenvalue weighted by Gasteiger charge is -2.26. The summed E-state index contributed by atoms with van der Waals surface area (Å²) < 4.78 is 31.4. The minimum Gasteiger partial charge on any atom is -0.394 e. The first-order chi connectivity index (χ1) is 10.9. The van der Waals surface area contributed by atoms with E-state index in [4.69, 9.17) is 9.84 Å². The van der Waals surface area contributed by atoms with Crippen LogP contribution in [-0.4, -0.2) is 61.7 Å². The molecule has 128 valence electrons. The van der Waals surface area contributed by atoms with Crippen LogP contribution >= 0.6 is 0 Å². The number of anilines is 1. The first-order valence-electron chi connectivity index (χ1n) is 7.10. The van der Waals surface area contributed by atoms with Gasteiger partial charge in [-0.2, -0.15) is 4.31 Å². The van der Waals surface area contributed by atoms with E-state index in [1.807, 2.05) is 0 Å². The summed E-state index contributed by atoms with van der Waals surface area (Å²) in [6, 6.07) is 3.31. The molecule has 0 spiro atoms. The minimum absolute atomic E-state index is 0.131. The second kappa shape index (κ2) is 7.21. The largest absolute Gasteiger partial charge is 0.394 e. The Balaban J connectivity index is 2.36. The van der Waals surface area contributed by atoms with Crippen molar-refractivity contribution < 1.29 is 23.2 Å². The third-order valence-electron chi connectivity index (χ3n) is 3.45. The highest BCUT2D eigenvalue weighted by Gasteiger charge is 2.29. The molecule has 0 saturated carbocycles. The zero-order valence-electron chi connectivity index (χ0n) is 12.6. The van der Waals surface area contributed by atoms with Crippen LogP contribution in [0.2, 0.25) is 0 Å². The lowest BCUT2D eigenvalue weighted by Crippen LogP contribution is -2.40. The van der Waals surface area contributed by atoms with Crippen molar-refractivity contribution in [2.24, 2.45) is 0 Å². The minimum atomic E-state index is -3.80. The standard InChI is InChI=1S/C13H19N3O6S/c1-10(9-17)14-12-3-2-11(8-13(12)16(18)19)23(20,21)15-4-6-22-7-5-15/h2-3,8,10,14,17H,4-7,9H2,1H3. The molecule has 0 aliphatic carbocycles. The maximum atomic E-state index is 12.5. The van der Waals surface area contributed by atoms with Crippen molar-refractivity contribution >= 4 is 21.4 Å². The number of ether oxygens (including phenoxy) is 1. The van der Waals surface area contributed by atoms with Gasteiger partial charge in [-0.05, 0) is 19.1 Å². The summed E-state index contributed by atoms with van der Waals surface area (Å²) in [5.41, 5.74) is -0.183. The molecule has 1 heterocycles. The van der Waals surface area contributed by atoms with Gasteiger partial charge in [0.2, 0.25) is 10.0 Å². The number of benzene rings is 1. The average molecular weight is 345 g/mol. The van der Waals surface area contributed by atoms with E-state index in [1.165, 1.54) is 16.4 Å². The molecule has 1 saturated heterocycles. The molecular formula is C13H19N3O6S. The Hall–Kier alpha value is -1.75. The first kappa shape index (κ1) is 17.6. The summed E-state index contributed by atoms with van der Waals surface area (Å²) in [5.74, 6) is 0. The second-order valence-electron chi connectivity index (χ2n) is 5.18. The normalized spacial score (nSPS) is 17.7. The SMILES string of the molecule is CC(CO)Nc1ccc(S(=O)(=O)N2CCOCC2)cc1[N+](=O)[O-]. The first-order valence-corrected chi connectivity index (χ1v) is 8.54. The number of aliphatic hydroxyl groups excluding tert-OH is 1. The van der Waals surface area contributed by atoms with Gasteiger partial charge in [-0.1, -0.05) is 0 Å². The van der Waals surface area contributed by atoms with Crippen molar-refractivity contribution in [3.8, 4) is 0 Å². The number of nitrogens with one attached hydrogen (secondary N) is 1. The zero-order chi connectivity index (χ0) is 17.0. The topological polar surface area (TPSA) is 122 Å². The van der Waals surface area contributed by atoms with Crippen LogP contribution in [0.3, 0.4) is 0 Å². The summed E-state index contributed by atoms with van der Waals surface area (Å²) in [5, 5.41) is 23.0. The number of nitrogens with zero attached hydrogens (tertiary/aromatic N) is 2. The Morgan fingerprint density at radius 3 is 2.65 bits per heavy atom. The number of hydrogen-bond acceptors (Lipinski definition) is 7. The molecule has 0 bridgehead atoms. The molecule has 10 heteroatoms. The van der Waals surface area contributed by atoms with Gasteiger partial charge >= 0.3 is 0 Å². The quantitative estimate of drug-likeness (QED) is 0.565. The van der Waals surface area contributed by atoms with Crippen LogP contribution in [0.5, 0.6) is 0 Å². The van der Waals surface area contributed by atoms with Gasteiger partial charge in [-0.3, -0.25) is 10.1 Å². The molecule has 1 fully saturated rings. The Kier molecular flexibility index (Phi) is 5.52. The molecule has 1 aliphatic rings. The van der Waals surface area contributed by atoms with Crippen LogP contribution in [0.4, 0.5) is 11.4 Å². The fourth-order valence-electron chi connectivity index (χ4n) is 2.19. The molecule has 2 rings (SSSR count). The van der Waals surface area contributed by atoms with Gasteiger partial charge in [-0.15, -0.1) is 0 Å². The third kappa shape index (κ3) is 3.96. The van der Waals surface area contributed by atoms with Crippen molar-refractivity contribution in [3.63, 3.8) is 0 Å². The number of aliphatic hydroxyl groups is 1. The maximum absolute atomic E-state index is 12.5. The highest BCUT2D eigenvalue weighted by Crippen LogP contribution is 2.29. The monoisotopic (exact) mass is 345 g/mol. The van der Waals surface area contributed by atoms with Crippen molar-refractivity contribution in [1.29, 1.82) is 0 Å². The Bertz CT molecular complexity index is 672. The van der Waals surface area contributed by atoms with Crippen molar-refractivity contribution in [3.05, 3.63) is 28.3 Å². The van der Waals surface area contributed by atoms with Crippen LogP contribution in [0, 0.1) is 10.1 Å². The van der Waals surface area contributed by atoms with Gasteiger partial charge in [0.1, 0.15) is 5.69 Å². The zero-order valence-corrected chi connectivity index (χ0v) is 13.5. The van der Waals surface area contributed by atoms with Crippen LogP contribution in [-0.2, 0) is 14.8 Å². The molecule has 2 N–H and O–H groups in total. The fraction of sp³-hybridized carbons (Fsp3) is 0.538. The Morgan fingerprint density at radius 2 is 2.09 bits per heavy atom. The molecule has 0 aromatic heterocycles. The van der Waals surface area contributed by atoms with E-state index < -0.39 is 21.0 Å². The summed E-state index contributed by atoms with van der Waals surface area (Å²) in [6.45, 7) is 2.49. The van der Waals surface area contributed by atoms with Crippen molar-refractivity contribution in [1.82, 2.24) is 4.31 Å². The average Bonchev–Trinajstić information content (AvgIpc) is 2.55. The molecule has 1 aromatic carbocycles. The second-order valence-corrected chi connectivity index (χ2v) is 7.12. The number of nitro groups is 1. The van der Waals surface area contributed by atoms with Gasteiger partial charge in [0, 0.05) is 25.2 Å². The van der Waals surface area contributed by atoms with E-state index in [0.29, 0.717) is 13.2 Å². The molecular weight excluding hydrogens is 326 g/mol. The Morgan fingerprint density at radius 1 is 1.43 bits per heavy atom. The molecule has 0 radical (unpaired) electrons. The highest BCUT2D eigenvalue weighted by atomic mass is 32.2. The van der Waals surface area contributed by atoms with E-state index in [0.717, 1.165) is 6.07 Å². The number of sulfonamides is 1. The predicted octanol–water partition coefficient (Wildman–Crippen LogP) is 0.408. The number of hydrogen-bond donors (Lipinski definition) is 2. The summed E-state index contributed by atoms with van der Waals surface area (Å²) >= 11 is 0. The lowest BCUT2D eigenvalue weighted by molar-refractivity contribution is -0.384. The molecule has 1 unspecified atom stereocenters. The smallest absolute Gasteiger partial charge is 0.293 e. The van der Waals surface area contributed by atoms with E-state index in [2.05, 4.69) is 5.32 Å².